The fraction of sp³-hybridized carbons (Fsp3) is 0.0714. The molecular formula is C14H8Cl2N2O2S. The number of fused-ring (bicyclic) bond motifs is 1. The molecule has 2 heterocycles. The number of carbonyl (C=O) groups is 1. The van der Waals surface area contributed by atoms with Gasteiger partial charge in [-0.25, -0.2) is 14.8 Å². The van der Waals surface area contributed by atoms with Crippen molar-refractivity contribution in [3.63, 3.8) is 0 Å². The first-order chi connectivity index (χ1) is 10.1. The summed E-state index contributed by atoms with van der Waals surface area (Å²) < 4.78 is 5.66. The quantitative estimate of drug-likeness (QED) is 0.511. The van der Waals surface area contributed by atoms with Crippen molar-refractivity contribution in [2.75, 3.05) is 7.11 Å². The largest absolute Gasteiger partial charge is 0.465 e. The molecule has 0 unspecified atom stereocenters. The minimum Gasteiger partial charge on any atom is -0.465 e. The predicted molar refractivity (Wildman–Crippen MR) is 84.2 cm³/mol. The van der Waals surface area contributed by atoms with E-state index in [1.165, 1.54) is 24.6 Å². The lowest BCUT2D eigenvalue weighted by atomic mass is 10.1. The van der Waals surface area contributed by atoms with Gasteiger partial charge in [-0.15, -0.1) is 11.3 Å². The molecule has 0 amide bonds. The average Bonchev–Trinajstić information content (AvgIpc) is 2.91. The molecule has 0 N–H and O–H groups in total. The van der Waals surface area contributed by atoms with Crippen LogP contribution in [0.4, 0.5) is 0 Å². The Hall–Kier alpha value is -1.69. The van der Waals surface area contributed by atoms with Crippen LogP contribution in [0.15, 0.2) is 30.5 Å². The highest BCUT2D eigenvalue weighted by Crippen LogP contribution is 2.36. The number of rotatable bonds is 2. The zero-order valence-electron chi connectivity index (χ0n) is 10.8. The van der Waals surface area contributed by atoms with Crippen LogP contribution in [0.1, 0.15) is 10.4 Å². The van der Waals surface area contributed by atoms with Gasteiger partial charge in [0.25, 0.3) is 0 Å². The third-order valence-corrected chi connectivity index (χ3v) is 4.45. The maximum absolute atomic E-state index is 11.6. The molecule has 0 fully saturated rings. The molecule has 0 spiro atoms. The normalized spacial score (nSPS) is 10.8. The van der Waals surface area contributed by atoms with Crippen LogP contribution in [-0.4, -0.2) is 23.0 Å². The number of carbonyl (C=O) groups excluding carboxylic acids is 1. The number of methoxy groups -OCH3 is 1. The fourth-order valence-electron chi connectivity index (χ4n) is 1.91. The van der Waals surface area contributed by atoms with Crippen molar-refractivity contribution in [2.45, 2.75) is 0 Å². The Morgan fingerprint density at radius 1 is 1.29 bits per heavy atom. The second kappa shape index (κ2) is 5.60. The Kier molecular flexibility index (Phi) is 3.80. The van der Waals surface area contributed by atoms with Gasteiger partial charge in [-0.05, 0) is 35.2 Å². The van der Waals surface area contributed by atoms with Gasteiger partial charge in [-0.2, -0.15) is 0 Å². The topological polar surface area (TPSA) is 52.1 Å². The van der Waals surface area contributed by atoms with Gasteiger partial charge in [-0.3, -0.25) is 0 Å². The summed E-state index contributed by atoms with van der Waals surface area (Å²) in [5, 5.41) is 1.56. The number of hydrogen-bond donors (Lipinski definition) is 0. The van der Waals surface area contributed by atoms with Crippen molar-refractivity contribution in [2.24, 2.45) is 0 Å². The lowest BCUT2D eigenvalue weighted by Crippen LogP contribution is -1.99. The maximum Gasteiger partial charge on any atom is 0.337 e. The molecule has 0 saturated carbocycles. The minimum absolute atomic E-state index is 0.141. The third-order valence-electron chi connectivity index (χ3n) is 2.89. The molecule has 0 aliphatic heterocycles. The summed E-state index contributed by atoms with van der Waals surface area (Å²) in [6.45, 7) is 0. The highest BCUT2D eigenvalue weighted by atomic mass is 35.5. The van der Waals surface area contributed by atoms with Crippen molar-refractivity contribution in [3.8, 4) is 10.6 Å². The Balaban J connectivity index is 2.13. The highest BCUT2D eigenvalue weighted by molar-refractivity contribution is 7.22. The second-order valence-electron chi connectivity index (χ2n) is 4.19. The first kappa shape index (κ1) is 14.3. The van der Waals surface area contributed by atoms with E-state index in [9.17, 15) is 4.79 Å². The number of thiophene rings is 1. The van der Waals surface area contributed by atoms with Crippen LogP contribution in [0.3, 0.4) is 0 Å². The number of benzene rings is 1. The molecule has 7 heteroatoms. The average molecular weight is 339 g/mol. The number of nitrogens with zero attached hydrogens (tertiary/aromatic N) is 2. The predicted octanol–water partition coefficient (Wildman–Crippen LogP) is 4.45. The maximum atomic E-state index is 11.6. The Labute approximate surface area is 134 Å². The fourth-order valence-corrected chi connectivity index (χ4v) is 3.40. The van der Waals surface area contributed by atoms with E-state index in [2.05, 4.69) is 9.97 Å². The molecule has 3 rings (SSSR count). The first-order valence-corrected chi connectivity index (χ1v) is 7.46. The number of aromatic nitrogens is 2. The minimum atomic E-state index is -0.366. The van der Waals surface area contributed by atoms with Crippen LogP contribution in [-0.2, 0) is 4.74 Å². The standard InChI is InChI=1S/C14H8Cl2N2O2S/c1-20-13(19)8-3-2-7-4-11(21-10(7)5-8)12-9(15)6-17-14(16)18-12/h2-6H,1H3. The molecule has 0 atom stereocenters. The van der Waals surface area contributed by atoms with Gasteiger partial charge in [0.2, 0.25) is 5.28 Å². The van der Waals surface area contributed by atoms with Gasteiger partial charge in [0.1, 0.15) is 5.69 Å². The van der Waals surface area contributed by atoms with E-state index in [1.807, 2.05) is 12.1 Å². The van der Waals surface area contributed by atoms with E-state index >= 15 is 0 Å². The molecule has 0 bridgehead atoms. The molecule has 3 aromatic rings. The Bertz CT molecular complexity index is 848. The summed E-state index contributed by atoms with van der Waals surface area (Å²) >= 11 is 13.4. The lowest BCUT2D eigenvalue weighted by Gasteiger charge is -1.99. The summed E-state index contributed by atoms with van der Waals surface area (Å²) in [7, 11) is 1.36. The number of ether oxygens (including phenoxy) is 1. The number of halogens is 2. The smallest absolute Gasteiger partial charge is 0.337 e. The van der Waals surface area contributed by atoms with Crippen molar-refractivity contribution in [1.82, 2.24) is 9.97 Å². The van der Waals surface area contributed by atoms with Gasteiger partial charge in [0.05, 0.1) is 28.8 Å². The SMILES string of the molecule is COC(=O)c1ccc2cc(-c3nc(Cl)ncc3Cl)sc2c1. The summed E-state index contributed by atoms with van der Waals surface area (Å²) in [6, 6.07) is 7.31. The first-order valence-electron chi connectivity index (χ1n) is 5.89. The van der Waals surface area contributed by atoms with E-state index in [0.717, 1.165) is 15.0 Å². The Morgan fingerprint density at radius 3 is 2.86 bits per heavy atom. The Morgan fingerprint density at radius 2 is 2.10 bits per heavy atom. The van der Waals surface area contributed by atoms with Gasteiger partial charge < -0.3 is 4.74 Å². The van der Waals surface area contributed by atoms with Crippen molar-refractivity contribution >= 4 is 50.6 Å². The summed E-state index contributed by atoms with van der Waals surface area (Å²) in [6.07, 6.45) is 1.47. The van der Waals surface area contributed by atoms with Crippen LogP contribution in [0, 0.1) is 0 Å². The van der Waals surface area contributed by atoms with E-state index < -0.39 is 0 Å². The van der Waals surface area contributed by atoms with E-state index in [-0.39, 0.29) is 11.3 Å². The number of hydrogen-bond acceptors (Lipinski definition) is 5. The lowest BCUT2D eigenvalue weighted by molar-refractivity contribution is 0.0601. The van der Waals surface area contributed by atoms with E-state index in [4.69, 9.17) is 27.9 Å². The van der Waals surface area contributed by atoms with E-state index in [0.29, 0.717) is 16.3 Å². The van der Waals surface area contributed by atoms with E-state index in [1.54, 1.807) is 12.1 Å². The highest BCUT2D eigenvalue weighted by Gasteiger charge is 2.13. The number of esters is 1. The second-order valence-corrected chi connectivity index (χ2v) is 6.02. The summed E-state index contributed by atoms with van der Waals surface area (Å²) in [5.41, 5.74) is 1.09. The molecule has 2 aromatic heterocycles. The van der Waals surface area contributed by atoms with Crippen LogP contribution < -0.4 is 0 Å². The van der Waals surface area contributed by atoms with Gasteiger partial charge in [0, 0.05) is 4.70 Å². The molecule has 0 saturated heterocycles. The van der Waals surface area contributed by atoms with Crippen molar-refractivity contribution < 1.29 is 9.53 Å². The van der Waals surface area contributed by atoms with Gasteiger partial charge >= 0.3 is 5.97 Å². The van der Waals surface area contributed by atoms with Crippen LogP contribution >= 0.6 is 34.5 Å². The molecule has 0 aliphatic rings. The van der Waals surface area contributed by atoms with Crippen LogP contribution in [0.25, 0.3) is 20.7 Å². The zero-order valence-corrected chi connectivity index (χ0v) is 13.1. The molecule has 0 radical (unpaired) electrons. The van der Waals surface area contributed by atoms with Crippen molar-refractivity contribution in [3.05, 3.63) is 46.3 Å². The van der Waals surface area contributed by atoms with Crippen LogP contribution in [0.5, 0.6) is 0 Å². The molecule has 21 heavy (non-hydrogen) atoms. The molecule has 4 nitrogen and oxygen atoms in total. The third kappa shape index (κ3) is 2.72. The molecular weight excluding hydrogens is 331 g/mol. The monoisotopic (exact) mass is 338 g/mol. The zero-order chi connectivity index (χ0) is 15.0. The molecule has 0 aliphatic carbocycles. The van der Waals surface area contributed by atoms with Crippen molar-refractivity contribution in [1.29, 1.82) is 0 Å². The van der Waals surface area contributed by atoms with Crippen LogP contribution in [0.2, 0.25) is 10.3 Å². The summed E-state index contributed by atoms with van der Waals surface area (Å²) in [4.78, 5) is 20.4. The van der Waals surface area contributed by atoms with Gasteiger partial charge in [-0.1, -0.05) is 17.7 Å². The molecule has 106 valence electrons. The summed E-state index contributed by atoms with van der Waals surface area (Å²) in [5.74, 6) is -0.366. The van der Waals surface area contributed by atoms with Gasteiger partial charge in [0.15, 0.2) is 0 Å². The molecule has 1 aromatic carbocycles.